The highest BCUT2D eigenvalue weighted by molar-refractivity contribution is 6.02. The fraction of sp³-hybridized carbons (Fsp3) is 0.429. The van der Waals surface area contributed by atoms with E-state index < -0.39 is 0 Å². The van der Waals surface area contributed by atoms with Gasteiger partial charge in [-0.25, -0.2) is 4.39 Å². The Bertz CT molecular complexity index is 455. The number of ketones is 1. The maximum atomic E-state index is 12.8. The highest BCUT2D eigenvalue weighted by Gasteiger charge is 2.33. The Balaban J connectivity index is 2.17. The summed E-state index contributed by atoms with van der Waals surface area (Å²) in [5.41, 5.74) is 0.470. The molecule has 2 rings (SSSR count). The van der Waals surface area contributed by atoms with Crippen molar-refractivity contribution in [2.24, 2.45) is 0 Å². The van der Waals surface area contributed by atoms with Gasteiger partial charge in [0.2, 0.25) is 5.91 Å². The zero-order valence-electron chi connectivity index (χ0n) is 10.4. The molecule has 0 radical (unpaired) electrons. The van der Waals surface area contributed by atoms with Crippen LogP contribution >= 0.6 is 0 Å². The number of benzene rings is 1. The standard InChI is InChI=1S/C14H16FNO2/c1-2-13(17)16-9-3-4-12(16)14(18)10-5-7-11(15)8-6-10/h5-8,12H,2-4,9H2,1H3. The molecule has 0 bridgehead atoms. The lowest BCUT2D eigenvalue weighted by atomic mass is 10.0. The van der Waals surface area contributed by atoms with Crippen molar-refractivity contribution in [1.29, 1.82) is 0 Å². The fourth-order valence-electron chi connectivity index (χ4n) is 2.35. The van der Waals surface area contributed by atoms with Gasteiger partial charge in [-0.3, -0.25) is 9.59 Å². The van der Waals surface area contributed by atoms with Gasteiger partial charge in [-0.1, -0.05) is 6.92 Å². The molecule has 1 saturated heterocycles. The Labute approximate surface area is 106 Å². The van der Waals surface area contributed by atoms with E-state index in [1.54, 1.807) is 11.8 Å². The second-order valence-electron chi connectivity index (χ2n) is 4.47. The van der Waals surface area contributed by atoms with E-state index >= 15 is 0 Å². The van der Waals surface area contributed by atoms with Crippen LogP contribution in [-0.4, -0.2) is 29.2 Å². The summed E-state index contributed by atoms with van der Waals surface area (Å²) in [4.78, 5) is 25.6. The van der Waals surface area contributed by atoms with Crippen LogP contribution in [0.15, 0.2) is 24.3 Å². The number of halogens is 1. The number of amides is 1. The number of hydrogen-bond donors (Lipinski definition) is 0. The topological polar surface area (TPSA) is 37.4 Å². The second-order valence-corrected chi connectivity index (χ2v) is 4.47. The Morgan fingerprint density at radius 1 is 1.33 bits per heavy atom. The summed E-state index contributed by atoms with van der Waals surface area (Å²) < 4.78 is 12.8. The van der Waals surface area contributed by atoms with Crippen molar-refractivity contribution < 1.29 is 14.0 Å². The number of hydrogen-bond acceptors (Lipinski definition) is 2. The van der Waals surface area contributed by atoms with Gasteiger partial charge in [0.15, 0.2) is 5.78 Å². The number of carbonyl (C=O) groups is 2. The summed E-state index contributed by atoms with van der Waals surface area (Å²) in [6.07, 6.45) is 1.96. The average molecular weight is 249 g/mol. The SMILES string of the molecule is CCC(=O)N1CCCC1C(=O)c1ccc(F)cc1. The number of nitrogens with zero attached hydrogens (tertiary/aromatic N) is 1. The van der Waals surface area contributed by atoms with Crippen LogP contribution in [-0.2, 0) is 4.79 Å². The van der Waals surface area contributed by atoms with Gasteiger partial charge < -0.3 is 4.90 Å². The first-order chi connectivity index (χ1) is 8.63. The highest BCUT2D eigenvalue weighted by Crippen LogP contribution is 2.22. The third kappa shape index (κ3) is 2.42. The number of Topliss-reactive ketones (excluding diaryl/α,β-unsaturated/α-hetero) is 1. The lowest BCUT2D eigenvalue weighted by molar-refractivity contribution is -0.131. The predicted octanol–water partition coefficient (Wildman–Crippen LogP) is 2.41. The Kier molecular flexibility index (Phi) is 3.75. The third-order valence-electron chi connectivity index (χ3n) is 3.31. The molecule has 0 spiro atoms. The minimum Gasteiger partial charge on any atom is -0.332 e. The molecule has 3 nitrogen and oxygen atoms in total. The third-order valence-corrected chi connectivity index (χ3v) is 3.31. The number of carbonyl (C=O) groups excluding carboxylic acids is 2. The van der Waals surface area contributed by atoms with E-state index in [9.17, 15) is 14.0 Å². The van der Waals surface area contributed by atoms with Crippen LogP contribution in [0.2, 0.25) is 0 Å². The van der Waals surface area contributed by atoms with Crippen molar-refractivity contribution in [3.63, 3.8) is 0 Å². The van der Waals surface area contributed by atoms with Gasteiger partial charge in [0.25, 0.3) is 0 Å². The molecule has 1 unspecified atom stereocenters. The van der Waals surface area contributed by atoms with Gasteiger partial charge in [-0.2, -0.15) is 0 Å². The zero-order valence-corrected chi connectivity index (χ0v) is 10.4. The molecule has 1 atom stereocenters. The fourth-order valence-corrected chi connectivity index (χ4v) is 2.35. The molecule has 1 aromatic carbocycles. The second kappa shape index (κ2) is 5.29. The summed E-state index contributed by atoms with van der Waals surface area (Å²) in [7, 11) is 0. The maximum absolute atomic E-state index is 12.8. The minimum atomic E-state index is -0.372. The summed E-state index contributed by atoms with van der Waals surface area (Å²) >= 11 is 0. The van der Waals surface area contributed by atoms with E-state index in [-0.39, 0.29) is 23.5 Å². The molecule has 1 heterocycles. The number of likely N-dealkylation sites (tertiary alicyclic amines) is 1. The van der Waals surface area contributed by atoms with Crippen LogP contribution in [0.4, 0.5) is 4.39 Å². The molecule has 0 aromatic heterocycles. The first-order valence-electron chi connectivity index (χ1n) is 6.22. The Morgan fingerprint density at radius 3 is 2.61 bits per heavy atom. The molecular formula is C14H16FNO2. The normalized spacial score (nSPS) is 19.0. The van der Waals surface area contributed by atoms with Gasteiger partial charge in [0, 0.05) is 18.5 Å². The Morgan fingerprint density at radius 2 is 2.00 bits per heavy atom. The van der Waals surface area contributed by atoms with E-state index in [1.807, 2.05) is 0 Å². The highest BCUT2D eigenvalue weighted by atomic mass is 19.1. The predicted molar refractivity (Wildman–Crippen MR) is 65.8 cm³/mol. The van der Waals surface area contributed by atoms with Gasteiger partial charge in [0.1, 0.15) is 5.82 Å². The summed E-state index contributed by atoms with van der Waals surface area (Å²) in [6.45, 7) is 2.43. The molecule has 1 fully saturated rings. The van der Waals surface area contributed by atoms with E-state index in [0.717, 1.165) is 6.42 Å². The van der Waals surface area contributed by atoms with Crippen molar-refractivity contribution in [3.05, 3.63) is 35.6 Å². The van der Waals surface area contributed by atoms with Gasteiger partial charge in [0.05, 0.1) is 6.04 Å². The van der Waals surface area contributed by atoms with Crippen LogP contribution in [0.3, 0.4) is 0 Å². The summed E-state index contributed by atoms with van der Waals surface area (Å²) in [6, 6.07) is 5.13. The average Bonchev–Trinajstić information content (AvgIpc) is 2.87. The van der Waals surface area contributed by atoms with Gasteiger partial charge in [-0.15, -0.1) is 0 Å². The molecule has 1 aliphatic rings. The first-order valence-corrected chi connectivity index (χ1v) is 6.22. The molecule has 0 saturated carbocycles. The van der Waals surface area contributed by atoms with Gasteiger partial charge >= 0.3 is 0 Å². The van der Waals surface area contributed by atoms with Crippen LogP contribution in [0.5, 0.6) is 0 Å². The Hall–Kier alpha value is -1.71. The first kappa shape index (κ1) is 12.7. The van der Waals surface area contributed by atoms with E-state index in [4.69, 9.17) is 0 Å². The lowest BCUT2D eigenvalue weighted by Crippen LogP contribution is -2.40. The lowest BCUT2D eigenvalue weighted by Gasteiger charge is -2.23. The largest absolute Gasteiger partial charge is 0.332 e. The smallest absolute Gasteiger partial charge is 0.222 e. The van der Waals surface area contributed by atoms with Crippen molar-refractivity contribution in [2.45, 2.75) is 32.2 Å². The molecule has 0 aliphatic carbocycles. The molecule has 1 amide bonds. The van der Waals surface area contributed by atoms with E-state index in [0.29, 0.717) is 24.9 Å². The van der Waals surface area contributed by atoms with E-state index in [2.05, 4.69) is 0 Å². The van der Waals surface area contributed by atoms with Crippen LogP contribution in [0.1, 0.15) is 36.5 Å². The molecule has 1 aliphatic heterocycles. The van der Waals surface area contributed by atoms with Crippen molar-refractivity contribution in [3.8, 4) is 0 Å². The summed E-state index contributed by atoms with van der Waals surface area (Å²) in [5.74, 6) is -0.443. The maximum Gasteiger partial charge on any atom is 0.222 e. The van der Waals surface area contributed by atoms with E-state index in [1.165, 1.54) is 24.3 Å². The molecule has 96 valence electrons. The molecule has 0 N–H and O–H groups in total. The van der Waals surface area contributed by atoms with Crippen molar-refractivity contribution >= 4 is 11.7 Å². The van der Waals surface area contributed by atoms with Crippen LogP contribution < -0.4 is 0 Å². The molecule has 18 heavy (non-hydrogen) atoms. The molecular weight excluding hydrogens is 233 g/mol. The molecule has 1 aromatic rings. The van der Waals surface area contributed by atoms with Crippen LogP contribution in [0, 0.1) is 5.82 Å². The summed E-state index contributed by atoms with van der Waals surface area (Å²) in [5, 5.41) is 0. The zero-order chi connectivity index (χ0) is 13.1. The number of rotatable bonds is 3. The van der Waals surface area contributed by atoms with Crippen LogP contribution in [0.25, 0.3) is 0 Å². The molecule has 4 heteroatoms. The monoisotopic (exact) mass is 249 g/mol. The van der Waals surface area contributed by atoms with Crippen molar-refractivity contribution in [1.82, 2.24) is 4.90 Å². The van der Waals surface area contributed by atoms with Gasteiger partial charge in [-0.05, 0) is 37.1 Å². The quantitative estimate of drug-likeness (QED) is 0.771. The minimum absolute atomic E-state index is 0.00737. The van der Waals surface area contributed by atoms with Crippen molar-refractivity contribution in [2.75, 3.05) is 6.54 Å².